The van der Waals surface area contributed by atoms with Crippen molar-refractivity contribution >= 4 is 37.6 Å². The van der Waals surface area contributed by atoms with E-state index in [9.17, 15) is 13.2 Å². The molecule has 0 unspecified atom stereocenters. The average molecular weight is 384 g/mol. The van der Waals surface area contributed by atoms with Gasteiger partial charge >= 0.3 is 5.97 Å². The third-order valence-electron chi connectivity index (χ3n) is 3.10. The molecule has 0 bridgehead atoms. The van der Waals surface area contributed by atoms with Crippen molar-refractivity contribution in [1.29, 1.82) is 0 Å². The number of rotatable bonds is 5. The van der Waals surface area contributed by atoms with Gasteiger partial charge in [-0.3, -0.25) is 4.72 Å². The zero-order valence-corrected chi connectivity index (χ0v) is 14.1. The van der Waals surface area contributed by atoms with Gasteiger partial charge in [-0.15, -0.1) is 0 Å². The largest absolute Gasteiger partial charge is 0.478 e. The Morgan fingerprint density at radius 1 is 1.23 bits per heavy atom. The number of para-hydroxylation sites is 1. The van der Waals surface area contributed by atoms with Crippen molar-refractivity contribution < 1.29 is 18.3 Å². The molecule has 0 spiro atoms. The lowest BCUT2D eigenvalue weighted by molar-refractivity contribution is 0.0696. The number of sulfonamides is 1. The van der Waals surface area contributed by atoms with Crippen LogP contribution in [-0.4, -0.2) is 19.5 Å². The summed E-state index contributed by atoms with van der Waals surface area (Å²) in [5.41, 5.74) is 0.888. The van der Waals surface area contributed by atoms with Crippen LogP contribution in [0, 0.1) is 0 Å². The molecule has 7 heteroatoms. The van der Waals surface area contributed by atoms with E-state index >= 15 is 0 Å². The zero-order chi connectivity index (χ0) is 16.3. The first kappa shape index (κ1) is 16.5. The topological polar surface area (TPSA) is 83.5 Å². The molecule has 2 rings (SSSR count). The van der Waals surface area contributed by atoms with Crippen molar-refractivity contribution in [2.75, 3.05) is 4.72 Å². The van der Waals surface area contributed by atoms with Gasteiger partial charge in [0.2, 0.25) is 0 Å². The fourth-order valence-corrected chi connectivity index (χ4v) is 3.91. The number of hydrogen-bond acceptors (Lipinski definition) is 3. The van der Waals surface area contributed by atoms with E-state index in [0.29, 0.717) is 22.1 Å². The molecule has 2 N–H and O–H groups in total. The Labute approximate surface area is 137 Å². The van der Waals surface area contributed by atoms with Gasteiger partial charge < -0.3 is 5.11 Å². The van der Waals surface area contributed by atoms with Crippen molar-refractivity contribution in [2.24, 2.45) is 0 Å². The number of aromatic carboxylic acids is 1. The first-order chi connectivity index (χ1) is 10.3. The number of aryl methyl sites for hydroxylation is 1. The molecule has 0 atom stereocenters. The SMILES string of the molecule is CCc1ccc(C(=O)O)cc1S(=O)(=O)Nc1ccccc1Br. The molecule has 0 saturated carbocycles. The highest BCUT2D eigenvalue weighted by atomic mass is 79.9. The molecule has 0 heterocycles. The van der Waals surface area contributed by atoms with E-state index in [1.165, 1.54) is 18.2 Å². The van der Waals surface area contributed by atoms with E-state index in [1.54, 1.807) is 24.3 Å². The van der Waals surface area contributed by atoms with Crippen LogP contribution in [-0.2, 0) is 16.4 Å². The third kappa shape index (κ3) is 3.48. The first-order valence-electron chi connectivity index (χ1n) is 6.48. The zero-order valence-electron chi connectivity index (χ0n) is 11.7. The fraction of sp³-hybridized carbons (Fsp3) is 0.133. The monoisotopic (exact) mass is 383 g/mol. The number of carboxylic acid groups (broad SMARTS) is 1. The van der Waals surface area contributed by atoms with Crippen LogP contribution in [0.5, 0.6) is 0 Å². The summed E-state index contributed by atoms with van der Waals surface area (Å²) in [6, 6.07) is 10.9. The molecule has 2 aromatic rings. The highest BCUT2D eigenvalue weighted by Crippen LogP contribution is 2.26. The second-order valence-electron chi connectivity index (χ2n) is 4.57. The number of anilines is 1. The van der Waals surface area contributed by atoms with Crippen LogP contribution in [0.4, 0.5) is 5.69 Å². The highest BCUT2D eigenvalue weighted by molar-refractivity contribution is 9.10. The van der Waals surface area contributed by atoms with Crippen LogP contribution >= 0.6 is 15.9 Å². The van der Waals surface area contributed by atoms with Crippen molar-refractivity contribution in [2.45, 2.75) is 18.2 Å². The summed E-state index contributed by atoms with van der Waals surface area (Å²) < 4.78 is 28.2. The lowest BCUT2D eigenvalue weighted by Crippen LogP contribution is -2.16. The fourth-order valence-electron chi connectivity index (χ4n) is 1.97. The number of hydrogen-bond donors (Lipinski definition) is 2. The van der Waals surface area contributed by atoms with Gasteiger partial charge in [-0.05, 0) is 52.2 Å². The summed E-state index contributed by atoms with van der Waals surface area (Å²) in [6.45, 7) is 1.81. The van der Waals surface area contributed by atoms with Gasteiger partial charge in [0.15, 0.2) is 0 Å². The van der Waals surface area contributed by atoms with E-state index in [1.807, 2.05) is 6.92 Å². The number of nitrogens with one attached hydrogen (secondary N) is 1. The minimum atomic E-state index is -3.88. The van der Waals surface area contributed by atoms with Gasteiger partial charge in [-0.2, -0.15) is 0 Å². The number of carboxylic acids is 1. The second kappa shape index (κ2) is 6.50. The Balaban J connectivity index is 2.51. The molecule has 5 nitrogen and oxygen atoms in total. The standard InChI is InChI=1S/C15H14BrNO4S/c1-2-10-7-8-11(15(18)19)9-14(10)22(20,21)17-13-6-4-3-5-12(13)16/h3-9,17H,2H2,1H3,(H,18,19). The van der Waals surface area contributed by atoms with E-state index < -0.39 is 16.0 Å². The Kier molecular flexibility index (Phi) is 4.87. The maximum atomic E-state index is 12.6. The molecule has 0 saturated heterocycles. The summed E-state index contributed by atoms with van der Waals surface area (Å²) >= 11 is 3.27. The van der Waals surface area contributed by atoms with Crippen LogP contribution in [0.25, 0.3) is 0 Å². The minimum Gasteiger partial charge on any atom is -0.478 e. The number of carbonyl (C=O) groups is 1. The Hall–Kier alpha value is -1.86. The van der Waals surface area contributed by atoms with Gasteiger partial charge in [-0.25, -0.2) is 13.2 Å². The number of halogens is 1. The van der Waals surface area contributed by atoms with Gasteiger partial charge in [0.05, 0.1) is 16.1 Å². The van der Waals surface area contributed by atoms with Crippen LogP contribution in [0.3, 0.4) is 0 Å². The van der Waals surface area contributed by atoms with Gasteiger partial charge in [0, 0.05) is 4.47 Å². The molecular weight excluding hydrogens is 370 g/mol. The lowest BCUT2D eigenvalue weighted by atomic mass is 10.1. The van der Waals surface area contributed by atoms with Gasteiger partial charge in [0.25, 0.3) is 10.0 Å². The molecular formula is C15H14BrNO4S. The smallest absolute Gasteiger partial charge is 0.335 e. The van der Waals surface area contributed by atoms with E-state index in [0.717, 1.165) is 0 Å². The predicted octanol–water partition coefficient (Wildman–Crippen LogP) is 3.51. The molecule has 0 aliphatic heterocycles. The molecule has 2 aromatic carbocycles. The molecule has 116 valence electrons. The van der Waals surface area contributed by atoms with Gasteiger partial charge in [0.1, 0.15) is 0 Å². The minimum absolute atomic E-state index is 0.0225. The second-order valence-corrected chi connectivity index (χ2v) is 7.07. The maximum absolute atomic E-state index is 12.6. The van der Waals surface area contributed by atoms with E-state index in [4.69, 9.17) is 5.11 Å². The summed E-state index contributed by atoms with van der Waals surface area (Å²) in [7, 11) is -3.88. The summed E-state index contributed by atoms with van der Waals surface area (Å²) in [5.74, 6) is -1.17. The number of benzene rings is 2. The average Bonchev–Trinajstić information content (AvgIpc) is 2.48. The van der Waals surface area contributed by atoms with Crippen LogP contribution < -0.4 is 4.72 Å². The van der Waals surface area contributed by atoms with Gasteiger partial charge in [-0.1, -0.05) is 25.1 Å². The molecule has 0 amide bonds. The van der Waals surface area contributed by atoms with E-state index in [-0.39, 0.29) is 10.5 Å². The normalized spacial score (nSPS) is 11.2. The molecule has 0 radical (unpaired) electrons. The Bertz CT molecular complexity index is 818. The van der Waals surface area contributed by atoms with E-state index in [2.05, 4.69) is 20.7 Å². The third-order valence-corrected chi connectivity index (χ3v) is 5.24. The highest BCUT2D eigenvalue weighted by Gasteiger charge is 2.21. The summed E-state index contributed by atoms with van der Waals surface area (Å²) in [6.07, 6.45) is 0.478. The molecule has 22 heavy (non-hydrogen) atoms. The molecule has 0 aliphatic carbocycles. The molecule has 0 fully saturated rings. The predicted molar refractivity (Wildman–Crippen MR) is 87.7 cm³/mol. The Morgan fingerprint density at radius 2 is 1.91 bits per heavy atom. The van der Waals surface area contributed by atoms with Crippen LogP contribution in [0.1, 0.15) is 22.8 Å². The van der Waals surface area contributed by atoms with Crippen molar-refractivity contribution in [3.05, 3.63) is 58.1 Å². The van der Waals surface area contributed by atoms with Crippen LogP contribution in [0.2, 0.25) is 0 Å². The Morgan fingerprint density at radius 3 is 2.50 bits per heavy atom. The van der Waals surface area contributed by atoms with Crippen molar-refractivity contribution in [1.82, 2.24) is 0 Å². The van der Waals surface area contributed by atoms with Crippen molar-refractivity contribution in [3.63, 3.8) is 0 Å². The maximum Gasteiger partial charge on any atom is 0.335 e. The summed E-state index contributed by atoms with van der Waals surface area (Å²) in [4.78, 5) is 11.0. The van der Waals surface area contributed by atoms with Crippen molar-refractivity contribution in [3.8, 4) is 0 Å². The lowest BCUT2D eigenvalue weighted by Gasteiger charge is -2.13. The quantitative estimate of drug-likeness (QED) is 0.827. The molecule has 0 aromatic heterocycles. The summed E-state index contributed by atoms with van der Waals surface area (Å²) in [5, 5.41) is 9.05. The molecule has 0 aliphatic rings. The van der Waals surface area contributed by atoms with Crippen LogP contribution in [0.15, 0.2) is 51.8 Å². The first-order valence-corrected chi connectivity index (χ1v) is 8.76.